The van der Waals surface area contributed by atoms with Gasteiger partial charge in [-0.15, -0.1) is 0 Å². The number of carbonyl (C=O) groups is 1. The van der Waals surface area contributed by atoms with Gasteiger partial charge in [0.05, 0.1) is 0 Å². The van der Waals surface area contributed by atoms with E-state index in [9.17, 15) is 4.79 Å². The molecule has 0 amide bonds. The fraction of sp³-hybridized carbons (Fsp3) is 0.833. The van der Waals surface area contributed by atoms with Gasteiger partial charge in [0, 0.05) is 0 Å². The molecular weight excluding hydrogens is 120 g/mol. The van der Waals surface area contributed by atoms with Crippen LogP contribution in [-0.2, 0) is 14.3 Å². The maximum absolute atomic E-state index is 10.7. The van der Waals surface area contributed by atoms with Crippen molar-refractivity contribution in [3.05, 3.63) is 0 Å². The second-order valence-corrected chi connectivity index (χ2v) is 3.00. The number of fused-ring (bicyclic) bond motifs is 1. The van der Waals surface area contributed by atoms with E-state index in [-0.39, 0.29) is 23.8 Å². The molecule has 2 aliphatic rings. The van der Waals surface area contributed by atoms with Crippen LogP contribution in [0.5, 0.6) is 0 Å². The van der Waals surface area contributed by atoms with E-state index >= 15 is 0 Å². The molecule has 2 aliphatic heterocycles. The van der Waals surface area contributed by atoms with E-state index in [1.165, 1.54) is 0 Å². The van der Waals surface area contributed by atoms with Crippen LogP contribution in [-0.4, -0.2) is 23.8 Å². The van der Waals surface area contributed by atoms with Gasteiger partial charge in [-0.05, 0) is 13.8 Å². The highest BCUT2D eigenvalue weighted by Crippen LogP contribution is 2.42. The molecule has 0 aromatic heterocycles. The molecule has 0 bridgehead atoms. The van der Waals surface area contributed by atoms with Gasteiger partial charge in [-0.2, -0.15) is 0 Å². The van der Waals surface area contributed by atoms with Crippen molar-refractivity contribution in [2.75, 3.05) is 0 Å². The Kier molecular flexibility index (Phi) is 0.662. The van der Waals surface area contributed by atoms with Gasteiger partial charge in [0.25, 0.3) is 0 Å². The molecule has 0 aliphatic carbocycles. The largest absolute Gasteiger partial charge is 0.455 e. The lowest BCUT2D eigenvalue weighted by Crippen LogP contribution is -2.27. The lowest BCUT2D eigenvalue weighted by atomic mass is 10.1. The zero-order valence-electron chi connectivity index (χ0n) is 5.38. The van der Waals surface area contributed by atoms with E-state index in [1.54, 1.807) is 0 Å². The molecule has 2 unspecified atom stereocenters. The Labute approximate surface area is 52.9 Å². The summed E-state index contributed by atoms with van der Waals surface area (Å²) in [7, 11) is 0. The number of esters is 1. The SMILES string of the molecule is CC1(C)OC(=O)C2OC21. The molecule has 3 heteroatoms. The smallest absolute Gasteiger partial charge is 0.338 e. The second kappa shape index (κ2) is 1.14. The number of hydrogen-bond acceptors (Lipinski definition) is 3. The first-order chi connectivity index (χ1) is 4.11. The molecule has 50 valence electrons. The molecule has 0 aromatic rings. The predicted molar refractivity (Wildman–Crippen MR) is 28.8 cm³/mol. The summed E-state index contributed by atoms with van der Waals surface area (Å²) in [6.45, 7) is 3.73. The third-order valence-electron chi connectivity index (χ3n) is 1.77. The second-order valence-electron chi connectivity index (χ2n) is 3.00. The summed E-state index contributed by atoms with van der Waals surface area (Å²) < 4.78 is 9.95. The standard InChI is InChI=1S/C6H8O3/c1-6(2)4-3(8-4)5(7)9-6/h3-4H,1-2H3. The van der Waals surface area contributed by atoms with E-state index in [2.05, 4.69) is 0 Å². The summed E-state index contributed by atoms with van der Waals surface area (Å²) in [4.78, 5) is 10.7. The minimum Gasteiger partial charge on any atom is -0.455 e. The van der Waals surface area contributed by atoms with Crippen LogP contribution < -0.4 is 0 Å². The molecule has 2 rings (SSSR count). The minimum absolute atomic E-state index is 0.0324. The molecule has 2 fully saturated rings. The van der Waals surface area contributed by atoms with Crippen molar-refractivity contribution in [1.29, 1.82) is 0 Å². The van der Waals surface area contributed by atoms with Crippen LogP contribution in [0.3, 0.4) is 0 Å². The van der Waals surface area contributed by atoms with Gasteiger partial charge in [0.15, 0.2) is 6.10 Å². The zero-order valence-corrected chi connectivity index (χ0v) is 5.38. The molecule has 2 atom stereocenters. The molecule has 2 heterocycles. The summed E-state index contributed by atoms with van der Waals surface area (Å²) in [5.41, 5.74) is -0.373. The zero-order chi connectivity index (χ0) is 6.65. The van der Waals surface area contributed by atoms with Crippen LogP contribution in [0.1, 0.15) is 13.8 Å². The highest BCUT2D eigenvalue weighted by molar-refractivity contribution is 5.81. The number of hydrogen-bond donors (Lipinski definition) is 0. The average molecular weight is 128 g/mol. The Morgan fingerprint density at radius 1 is 1.56 bits per heavy atom. The van der Waals surface area contributed by atoms with Crippen molar-refractivity contribution in [2.24, 2.45) is 0 Å². The van der Waals surface area contributed by atoms with E-state index in [4.69, 9.17) is 9.47 Å². The van der Waals surface area contributed by atoms with Gasteiger partial charge in [-0.3, -0.25) is 0 Å². The van der Waals surface area contributed by atoms with Crippen LogP contribution in [0, 0.1) is 0 Å². The molecule has 0 N–H and O–H groups in total. The van der Waals surface area contributed by atoms with Gasteiger partial charge in [0.1, 0.15) is 11.7 Å². The van der Waals surface area contributed by atoms with Gasteiger partial charge in [-0.25, -0.2) is 4.79 Å². The fourth-order valence-corrected chi connectivity index (χ4v) is 1.20. The third-order valence-corrected chi connectivity index (χ3v) is 1.77. The first kappa shape index (κ1) is 5.23. The summed E-state index contributed by atoms with van der Waals surface area (Å²) in [5.74, 6) is -0.204. The topological polar surface area (TPSA) is 38.8 Å². The molecule has 0 radical (unpaired) electrons. The molecule has 0 saturated carbocycles. The van der Waals surface area contributed by atoms with Gasteiger partial charge >= 0.3 is 5.97 Å². The number of cyclic esters (lactones) is 1. The lowest BCUT2D eigenvalue weighted by molar-refractivity contribution is -0.156. The van der Waals surface area contributed by atoms with Gasteiger partial charge < -0.3 is 9.47 Å². The molecular formula is C6H8O3. The number of rotatable bonds is 0. The van der Waals surface area contributed by atoms with Crippen LogP contribution in [0.25, 0.3) is 0 Å². The monoisotopic (exact) mass is 128 g/mol. The lowest BCUT2D eigenvalue weighted by Gasteiger charge is -2.17. The van der Waals surface area contributed by atoms with Crippen molar-refractivity contribution in [3.8, 4) is 0 Å². The van der Waals surface area contributed by atoms with Crippen LogP contribution in [0.4, 0.5) is 0 Å². The molecule has 3 nitrogen and oxygen atoms in total. The Bertz CT molecular complexity index is 173. The summed E-state index contributed by atoms with van der Waals surface area (Å²) in [6, 6.07) is 0. The highest BCUT2D eigenvalue weighted by atomic mass is 16.7. The summed E-state index contributed by atoms with van der Waals surface area (Å²) >= 11 is 0. The fourth-order valence-electron chi connectivity index (χ4n) is 1.20. The number of ether oxygens (including phenoxy) is 2. The Hall–Kier alpha value is -0.570. The van der Waals surface area contributed by atoms with Crippen molar-refractivity contribution in [3.63, 3.8) is 0 Å². The molecule has 9 heavy (non-hydrogen) atoms. The van der Waals surface area contributed by atoms with Crippen molar-refractivity contribution in [2.45, 2.75) is 31.7 Å². The van der Waals surface area contributed by atoms with E-state index in [0.29, 0.717) is 0 Å². The first-order valence-electron chi connectivity index (χ1n) is 2.99. The maximum Gasteiger partial charge on any atom is 0.338 e. The third kappa shape index (κ3) is 0.525. The van der Waals surface area contributed by atoms with Gasteiger partial charge in [-0.1, -0.05) is 0 Å². The Morgan fingerprint density at radius 3 is 2.33 bits per heavy atom. The molecule has 0 aromatic carbocycles. The van der Waals surface area contributed by atoms with E-state index in [1.807, 2.05) is 13.8 Å². The minimum atomic E-state index is -0.373. The van der Waals surface area contributed by atoms with Crippen LogP contribution in [0.2, 0.25) is 0 Å². The van der Waals surface area contributed by atoms with E-state index in [0.717, 1.165) is 0 Å². The van der Waals surface area contributed by atoms with Crippen LogP contribution in [0.15, 0.2) is 0 Å². The normalized spacial score (nSPS) is 44.0. The Balaban J connectivity index is 2.26. The Morgan fingerprint density at radius 2 is 2.22 bits per heavy atom. The molecule has 0 spiro atoms. The highest BCUT2D eigenvalue weighted by Gasteiger charge is 2.63. The van der Waals surface area contributed by atoms with Crippen molar-refractivity contribution in [1.82, 2.24) is 0 Å². The summed E-state index contributed by atoms with van der Waals surface area (Å²) in [5, 5.41) is 0. The van der Waals surface area contributed by atoms with Crippen molar-refractivity contribution >= 4 is 5.97 Å². The number of carbonyl (C=O) groups excluding carboxylic acids is 1. The van der Waals surface area contributed by atoms with Crippen LogP contribution >= 0.6 is 0 Å². The quantitative estimate of drug-likeness (QED) is 0.343. The first-order valence-corrected chi connectivity index (χ1v) is 2.99. The summed E-state index contributed by atoms with van der Waals surface area (Å²) in [6.07, 6.45) is -0.204. The molecule has 2 saturated heterocycles. The van der Waals surface area contributed by atoms with Crippen molar-refractivity contribution < 1.29 is 14.3 Å². The van der Waals surface area contributed by atoms with E-state index < -0.39 is 0 Å². The number of epoxide rings is 1. The predicted octanol–water partition coefficient (Wildman–Crippen LogP) is 0.0892. The maximum atomic E-state index is 10.7. The van der Waals surface area contributed by atoms with Gasteiger partial charge in [0.2, 0.25) is 0 Å². The average Bonchev–Trinajstić information content (AvgIpc) is 2.33.